The van der Waals surface area contributed by atoms with Gasteiger partial charge in [0, 0.05) is 23.1 Å². The van der Waals surface area contributed by atoms with Crippen molar-refractivity contribution in [3.63, 3.8) is 0 Å². The van der Waals surface area contributed by atoms with Crippen molar-refractivity contribution in [2.45, 2.75) is 145 Å². The molecule has 5 aliphatic rings. The molecule has 6 rings (SSSR count). The van der Waals surface area contributed by atoms with E-state index in [1.807, 2.05) is 12.3 Å². The monoisotopic (exact) mass is 694 g/mol. The topological polar surface area (TPSA) is 123 Å². The molecular formula is C40H58N2O6S. The van der Waals surface area contributed by atoms with Crippen molar-refractivity contribution in [1.82, 2.24) is 10.3 Å². The minimum atomic E-state index is -1.17. The molecule has 0 spiro atoms. The summed E-state index contributed by atoms with van der Waals surface area (Å²) in [6.07, 6.45) is 7.44. The fraction of sp³-hybridized carbons (Fsp3) is 0.775. The average molecular weight is 695 g/mol. The molecule has 270 valence electrons. The van der Waals surface area contributed by atoms with E-state index in [1.165, 1.54) is 22.5 Å². The van der Waals surface area contributed by atoms with E-state index >= 15 is 0 Å². The molecule has 4 saturated carbocycles. The lowest BCUT2D eigenvalue weighted by atomic mass is 9.34. The van der Waals surface area contributed by atoms with E-state index < -0.39 is 22.9 Å². The number of aliphatic carboxylic acids is 1. The van der Waals surface area contributed by atoms with Gasteiger partial charge in [-0.05, 0) is 112 Å². The summed E-state index contributed by atoms with van der Waals surface area (Å²) in [5.41, 5.74) is 0.975. The highest BCUT2D eigenvalue weighted by molar-refractivity contribution is 7.09. The molecule has 0 radical (unpaired) electrons. The second-order valence-corrected chi connectivity index (χ2v) is 19.7. The molecular weight excluding hydrogens is 637 g/mol. The Morgan fingerprint density at radius 2 is 1.73 bits per heavy atom. The van der Waals surface area contributed by atoms with Crippen molar-refractivity contribution in [3.05, 3.63) is 27.2 Å². The second kappa shape index (κ2) is 11.7. The number of carbonyl (C=O) groups excluding carboxylic acids is 3. The molecule has 1 aromatic heterocycles. The molecule has 8 atom stereocenters. The van der Waals surface area contributed by atoms with E-state index in [-0.39, 0.29) is 57.7 Å². The van der Waals surface area contributed by atoms with Crippen LogP contribution in [-0.2, 0) is 19.1 Å². The normalized spacial score (nSPS) is 38.3. The first-order valence-electron chi connectivity index (χ1n) is 18.6. The van der Waals surface area contributed by atoms with Crippen molar-refractivity contribution < 1.29 is 29.0 Å². The summed E-state index contributed by atoms with van der Waals surface area (Å²) >= 11 is 1.47. The zero-order valence-corrected chi connectivity index (χ0v) is 32.2. The van der Waals surface area contributed by atoms with Gasteiger partial charge in [0.15, 0.2) is 0 Å². The van der Waals surface area contributed by atoms with Gasteiger partial charge in [-0.25, -0.2) is 4.98 Å². The zero-order chi connectivity index (χ0) is 36.1. The highest BCUT2D eigenvalue weighted by Gasteiger charge is 2.69. The van der Waals surface area contributed by atoms with E-state index in [0.717, 1.165) is 56.4 Å². The summed E-state index contributed by atoms with van der Waals surface area (Å²) in [5, 5.41) is 15.7. The molecule has 1 aromatic rings. The average Bonchev–Trinajstić information content (AvgIpc) is 3.55. The Morgan fingerprint density at radius 1 is 1.04 bits per heavy atom. The second-order valence-electron chi connectivity index (χ2n) is 18.7. The summed E-state index contributed by atoms with van der Waals surface area (Å²) in [6, 6.07) is 0. The molecule has 5 aliphatic carbocycles. The SMILES string of the molecule is Cc1nc(C(=O)N[C@@]23CC[C@]4(C)C(=C2C(C(C)C)C(=O)C3)CCC2[C@@]3(C)CC[C@H](OC(=O)CC(C)(C)C(=O)O)C(C)(C)C3CC[C@]24C)cs1. The first-order valence-corrected chi connectivity index (χ1v) is 19.5. The predicted molar refractivity (Wildman–Crippen MR) is 190 cm³/mol. The van der Waals surface area contributed by atoms with Gasteiger partial charge in [0.05, 0.1) is 22.4 Å². The van der Waals surface area contributed by atoms with Crippen LogP contribution in [0, 0.1) is 57.7 Å². The molecule has 1 heterocycles. The molecule has 4 fully saturated rings. The molecule has 0 saturated heterocycles. The molecule has 0 bridgehead atoms. The number of carboxylic acid groups (broad SMARTS) is 1. The Labute approximate surface area is 296 Å². The number of nitrogens with one attached hydrogen (secondary N) is 1. The van der Waals surface area contributed by atoms with E-state index in [1.54, 1.807) is 13.8 Å². The largest absolute Gasteiger partial charge is 0.481 e. The molecule has 1 amide bonds. The van der Waals surface area contributed by atoms with E-state index in [2.05, 4.69) is 58.8 Å². The van der Waals surface area contributed by atoms with Crippen LogP contribution in [0.5, 0.6) is 0 Å². The quantitative estimate of drug-likeness (QED) is 0.217. The van der Waals surface area contributed by atoms with Crippen LogP contribution in [0.25, 0.3) is 0 Å². The lowest BCUT2D eigenvalue weighted by Gasteiger charge is -2.70. The van der Waals surface area contributed by atoms with Gasteiger partial charge >= 0.3 is 11.9 Å². The number of nitrogens with zero attached hydrogens (tertiary/aromatic N) is 1. The number of carbonyl (C=O) groups is 4. The van der Waals surface area contributed by atoms with Crippen LogP contribution >= 0.6 is 11.3 Å². The number of amides is 1. The summed E-state index contributed by atoms with van der Waals surface area (Å²) in [4.78, 5) is 56.8. The third-order valence-electron chi connectivity index (χ3n) is 14.9. The van der Waals surface area contributed by atoms with Gasteiger partial charge in [0.1, 0.15) is 17.6 Å². The van der Waals surface area contributed by atoms with E-state index in [4.69, 9.17) is 4.74 Å². The Kier molecular flexibility index (Phi) is 8.69. The number of aryl methyl sites for hydroxylation is 1. The van der Waals surface area contributed by atoms with Crippen molar-refractivity contribution in [2.75, 3.05) is 0 Å². The van der Waals surface area contributed by atoms with Crippen molar-refractivity contribution >= 4 is 35.0 Å². The van der Waals surface area contributed by atoms with Gasteiger partial charge in [0.25, 0.3) is 5.91 Å². The molecule has 8 nitrogen and oxygen atoms in total. The minimum absolute atomic E-state index is 0.0132. The summed E-state index contributed by atoms with van der Waals surface area (Å²) in [6.45, 7) is 21.4. The smallest absolute Gasteiger partial charge is 0.309 e. The van der Waals surface area contributed by atoms with Crippen molar-refractivity contribution in [1.29, 1.82) is 0 Å². The molecule has 0 aliphatic heterocycles. The number of ether oxygens (including phenoxy) is 1. The number of hydrogen-bond donors (Lipinski definition) is 2. The standard InChI is InChI=1S/C40H58N2O6S/c1-22(2)31-26(43)19-40(42-33(45)25-21-49-23(3)41-25)18-17-38(9)24(32(31)40)11-12-28-37(8)15-14-29(48-30(44)20-35(4,5)34(46)47)36(6,7)27(37)13-16-39(28,38)10/h21-22,27-29,31H,11-20H2,1-10H3,(H,42,45)(H,46,47)/t27?,28?,29-,31?,37-,38+,39+,40+/m0/s1. The fourth-order valence-electron chi connectivity index (χ4n) is 12.2. The number of fused-ring (bicyclic) bond motifs is 6. The first-order chi connectivity index (χ1) is 22.6. The number of aromatic nitrogens is 1. The van der Waals surface area contributed by atoms with Crippen molar-refractivity contribution in [2.24, 2.45) is 50.7 Å². The van der Waals surface area contributed by atoms with E-state index in [0.29, 0.717) is 24.0 Å². The minimum Gasteiger partial charge on any atom is -0.481 e. The molecule has 0 aromatic carbocycles. The summed E-state index contributed by atoms with van der Waals surface area (Å²) in [5.74, 6) is -0.566. The number of Topliss-reactive ketones (excluding diaryl/α,β-unsaturated/α-hetero) is 1. The zero-order valence-electron chi connectivity index (χ0n) is 31.4. The Balaban J connectivity index is 1.33. The number of carboxylic acids is 1. The van der Waals surface area contributed by atoms with Crippen molar-refractivity contribution in [3.8, 4) is 0 Å². The maximum Gasteiger partial charge on any atom is 0.309 e. The lowest BCUT2D eigenvalue weighted by molar-refractivity contribution is -0.214. The maximum absolute atomic E-state index is 13.9. The summed E-state index contributed by atoms with van der Waals surface area (Å²) < 4.78 is 6.14. The highest BCUT2D eigenvalue weighted by atomic mass is 32.1. The molecule has 9 heteroatoms. The Hall–Kier alpha value is -2.55. The Morgan fingerprint density at radius 3 is 2.35 bits per heavy atom. The van der Waals surface area contributed by atoms with Crippen LogP contribution in [0.4, 0.5) is 0 Å². The number of ketones is 1. The summed E-state index contributed by atoms with van der Waals surface area (Å²) in [7, 11) is 0. The van der Waals surface area contributed by atoms with Gasteiger partial charge in [0.2, 0.25) is 0 Å². The highest BCUT2D eigenvalue weighted by Crippen LogP contribution is 2.75. The number of hydrogen-bond acceptors (Lipinski definition) is 7. The van der Waals surface area contributed by atoms with Crippen LogP contribution in [0.15, 0.2) is 16.5 Å². The maximum atomic E-state index is 13.9. The van der Waals surface area contributed by atoms with Crippen LogP contribution in [0.1, 0.15) is 142 Å². The third kappa shape index (κ3) is 5.37. The van der Waals surface area contributed by atoms with Crippen LogP contribution in [-0.4, -0.2) is 45.4 Å². The third-order valence-corrected chi connectivity index (χ3v) is 15.7. The van der Waals surface area contributed by atoms with Crippen LogP contribution in [0.2, 0.25) is 0 Å². The van der Waals surface area contributed by atoms with Crippen LogP contribution < -0.4 is 5.32 Å². The molecule has 2 N–H and O–H groups in total. The number of thiazole rings is 1. The lowest BCUT2D eigenvalue weighted by Crippen LogP contribution is -2.65. The van der Waals surface area contributed by atoms with Gasteiger partial charge in [-0.15, -0.1) is 11.3 Å². The molecule has 49 heavy (non-hydrogen) atoms. The van der Waals surface area contributed by atoms with E-state index in [9.17, 15) is 24.3 Å². The molecule has 3 unspecified atom stereocenters. The number of rotatable bonds is 7. The number of esters is 1. The Bertz CT molecular complexity index is 1610. The van der Waals surface area contributed by atoms with Gasteiger partial charge in [-0.3, -0.25) is 19.2 Å². The number of allylic oxidation sites excluding steroid dienone is 1. The van der Waals surface area contributed by atoms with Gasteiger partial charge in [-0.1, -0.05) is 54.0 Å². The fourth-order valence-corrected chi connectivity index (χ4v) is 12.8. The predicted octanol–water partition coefficient (Wildman–Crippen LogP) is 8.33. The van der Waals surface area contributed by atoms with Gasteiger partial charge in [-0.2, -0.15) is 0 Å². The van der Waals surface area contributed by atoms with Crippen LogP contribution in [0.3, 0.4) is 0 Å². The van der Waals surface area contributed by atoms with Gasteiger partial charge < -0.3 is 15.2 Å². The first kappa shape index (κ1) is 36.2.